The fourth-order valence-electron chi connectivity index (χ4n) is 6.25. The van der Waals surface area contributed by atoms with Crippen molar-refractivity contribution in [2.24, 2.45) is 0 Å². The van der Waals surface area contributed by atoms with Crippen LogP contribution in [0.1, 0.15) is 58.3 Å². The number of carbonyl (C=O) groups excluding carboxylic acids is 3. The van der Waals surface area contributed by atoms with E-state index in [1.165, 1.54) is 0 Å². The Hall–Kier alpha value is -5.17. The summed E-state index contributed by atoms with van der Waals surface area (Å²) >= 11 is 0. The molecule has 0 radical (unpaired) electrons. The number of unbranched alkanes of at least 4 members (excludes halogenated alkanes) is 1. The molecule has 0 bridgehead atoms. The van der Waals surface area contributed by atoms with Crippen molar-refractivity contribution in [2.75, 3.05) is 26.8 Å². The van der Waals surface area contributed by atoms with Crippen molar-refractivity contribution < 1.29 is 43.4 Å². The van der Waals surface area contributed by atoms with Crippen LogP contribution in [0, 0.1) is 0 Å². The van der Waals surface area contributed by atoms with Crippen molar-refractivity contribution in [3.8, 4) is 22.8 Å². The van der Waals surface area contributed by atoms with E-state index in [0.717, 1.165) is 41.6 Å². The van der Waals surface area contributed by atoms with Crippen LogP contribution in [0.2, 0.25) is 0 Å². The van der Waals surface area contributed by atoms with Crippen LogP contribution in [0.3, 0.4) is 0 Å². The van der Waals surface area contributed by atoms with Gasteiger partial charge in [-0.3, -0.25) is 4.79 Å². The molecule has 13 heteroatoms. The highest BCUT2D eigenvalue weighted by Crippen LogP contribution is 2.33. The van der Waals surface area contributed by atoms with Crippen LogP contribution < -0.4 is 25.1 Å². The number of hydrogen-bond donors (Lipinski definition) is 4. The number of aliphatic carboxylic acids is 1. The molecule has 5 rings (SSSR count). The van der Waals surface area contributed by atoms with E-state index in [4.69, 9.17) is 19.2 Å². The number of benzene rings is 2. The van der Waals surface area contributed by atoms with Gasteiger partial charge in [-0.1, -0.05) is 55.8 Å². The molecule has 1 saturated heterocycles. The lowest BCUT2D eigenvalue weighted by atomic mass is 10.1. The van der Waals surface area contributed by atoms with Crippen LogP contribution >= 0.6 is 0 Å². The Morgan fingerprint density at radius 2 is 1.88 bits per heavy atom. The van der Waals surface area contributed by atoms with E-state index in [-0.39, 0.29) is 30.9 Å². The van der Waals surface area contributed by atoms with Crippen LogP contribution in [0.15, 0.2) is 66.7 Å². The molecule has 2 aliphatic heterocycles. The first-order chi connectivity index (χ1) is 24.3. The molecule has 266 valence electrons. The van der Waals surface area contributed by atoms with E-state index in [2.05, 4.69) is 10.7 Å². The Morgan fingerprint density at radius 3 is 2.64 bits per heavy atom. The molecule has 4 amide bonds. The van der Waals surface area contributed by atoms with Gasteiger partial charge in [0.05, 0.1) is 31.3 Å². The van der Waals surface area contributed by atoms with Gasteiger partial charge in [0.2, 0.25) is 0 Å². The molecule has 3 aromatic rings. The van der Waals surface area contributed by atoms with E-state index in [0.29, 0.717) is 42.1 Å². The van der Waals surface area contributed by atoms with Gasteiger partial charge in [-0.05, 0) is 50.7 Å². The second-order valence-corrected chi connectivity index (χ2v) is 12.5. The highest BCUT2D eigenvalue weighted by molar-refractivity contribution is 5.90. The van der Waals surface area contributed by atoms with Crippen LogP contribution in [-0.2, 0) is 14.3 Å². The predicted molar refractivity (Wildman–Crippen MR) is 186 cm³/mol. The summed E-state index contributed by atoms with van der Waals surface area (Å²) in [5.41, 5.74) is 4.61. The number of carboxylic acid groups (broad SMARTS) is 1. The van der Waals surface area contributed by atoms with E-state index < -0.39 is 42.2 Å². The molecule has 3 heterocycles. The zero-order chi connectivity index (χ0) is 35.5. The number of hydrogen-bond acceptors (Lipinski definition) is 8. The van der Waals surface area contributed by atoms with Crippen molar-refractivity contribution in [3.63, 3.8) is 0 Å². The summed E-state index contributed by atoms with van der Waals surface area (Å²) in [6.07, 6.45) is 6.53. The average Bonchev–Trinajstić information content (AvgIpc) is 3.54. The SMILES string of the molecule is CCCCOC(=O)NN1C(=O)C2CC(Oc3cc(-c4ccccc4)nc4cc(OC)ccc34)C[NH+]2C(=O)NCCCCC=CCCC1C(=O)O. The number of carbonyl (C=O) groups is 4. The highest BCUT2D eigenvalue weighted by Gasteiger charge is 2.50. The molecule has 50 heavy (non-hydrogen) atoms. The van der Waals surface area contributed by atoms with Crippen LogP contribution in [0.5, 0.6) is 11.5 Å². The maximum Gasteiger partial charge on any atom is 0.426 e. The summed E-state index contributed by atoms with van der Waals surface area (Å²) in [5.74, 6) is -0.854. The van der Waals surface area contributed by atoms with Crippen LogP contribution in [0.4, 0.5) is 9.59 Å². The normalized spacial score (nSPS) is 21.8. The van der Waals surface area contributed by atoms with Crippen molar-refractivity contribution >= 4 is 34.9 Å². The molecule has 4 N–H and O–H groups in total. The van der Waals surface area contributed by atoms with Crippen molar-refractivity contribution in [1.29, 1.82) is 0 Å². The number of pyridine rings is 1. The monoisotopic (exact) mass is 688 g/mol. The zero-order valence-electron chi connectivity index (χ0n) is 28.6. The fraction of sp³-hybridized carbons (Fsp3) is 0.432. The second-order valence-electron chi connectivity index (χ2n) is 12.5. The third kappa shape index (κ3) is 9.08. The molecule has 1 fully saturated rings. The number of carboxylic acids is 1. The molecule has 0 saturated carbocycles. The first kappa shape index (κ1) is 36.1. The Morgan fingerprint density at radius 1 is 1.08 bits per heavy atom. The summed E-state index contributed by atoms with van der Waals surface area (Å²) in [4.78, 5) is 58.6. The maximum atomic E-state index is 14.4. The molecular weight excluding hydrogens is 642 g/mol. The van der Waals surface area contributed by atoms with E-state index in [1.807, 2.05) is 73.7 Å². The minimum absolute atomic E-state index is 0.0513. The third-order valence-corrected chi connectivity index (χ3v) is 8.93. The summed E-state index contributed by atoms with van der Waals surface area (Å²) in [7, 11) is 1.58. The summed E-state index contributed by atoms with van der Waals surface area (Å²) < 4.78 is 17.3. The van der Waals surface area contributed by atoms with Gasteiger partial charge < -0.3 is 24.6 Å². The number of aromatic nitrogens is 1. The van der Waals surface area contributed by atoms with E-state index >= 15 is 0 Å². The van der Waals surface area contributed by atoms with Crippen molar-refractivity contribution in [3.05, 3.63) is 66.7 Å². The van der Waals surface area contributed by atoms with E-state index in [9.17, 15) is 24.3 Å². The Balaban J connectivity index is 1.49. The number of fused-ring (bicyclic) bond motifs is 2. The number of quaternary nitrogens is 1. The minimum atomic E-state index is -1.40. The van der Waals surface area contributed by atoms with Crippen molar-refractivity contribution in [2.45, 2.75) is 76.5 Å². The number of hydrazine groups is 1. The number of ether oxygens (including phenoxy) is 3. The molecule has 13 nitrogen and oxygen atoms in total. The van der Waals surface area contributed by atoms with Gasteiger partial charge in [0.1, 0.15) is 18.0 Å². The van der Waals surface area contributed by atoms with Crippen LogP contribution in [-0.4, -0.2) is 84.1 Å². The van der Waals surface area contributed by atoms with Gasteiger partial charge in [0.25, 0.3) is 0 Å². The molecule has 1 aromatic heterocycles. The molecule has 4 unspecified atom stereocenters. The van der Waals surface area contributed by atoms with Gasteiger partial charge in [-0.15, -0.1) is 0 Å². The predicted octanol–water partition coefficient (Wildman–Crippen LogP) is 4.27. The second kappa shape index (κ2) is 17.5. The van der Waals surface area contributed by atoms with Gasteiger partial charge >= 0.3 is 24.0 Å². The van der Waals surface area contributed by atoms with Gasteiger partial charge in [-0.25, -0.2) is 34.7 Å². The number of nitrogens with one attached hydrogen (secondary N) is 3. The topological polar surface area (TPSA) is 161 Å². The Bertz CT molecular complexity index is 1680. The first-order valence-electron chi connectivity index (χ1n) is 17.3. The standard InChI is InChI=1S/C37H45N5O8/c1-3-4-20-49-37(47)40-42-31(35(44)45)16-12-7-5-6-8-13-19-38-36(46)41-24-27(22-32(41)34(42)43)50-33-23-29(25-14-10-9-11-15-25)39-30-21-26(48-2)17-18-28(30)33/h5,7,9-11,14-15,17-18,21,23,27,31-32H,3-4,6,8,12-13,16,19-20,22,24H2,1-2H3,(H,38,46)(H,40,47)(H,44,45)/p+1. The highest BCUT2D eigenvalue weighted by atomic mass is 16.6. The Kier molecular flexibility index (Phi) is 12.6. The molecule has 2 aliphatic rings. The zero-order valence-corrected chi connectivity index (χ0v) is 28.6. The largest absolute Gasteiger partial charge is 0.497 e. The lowest BCUT2D eigenvalue weighted by molar-refractivity contribution is -0.820. The quantitative estimate of drug-likeness (QED) is 0.190. The van der Waals surface area contributed by atoms with Gasteiger partial charge in [0, 0.05) is 29.6 Å². The first-order valence-corrected chi connectivity index (χ1v) is 17.3. The smallest absolute Gasteiger partial charge is 0.426 e. The molecule has 0 aliphatic carbocycles. The number of rotatable bonds is 9. The average molecular weight is 689 g/mol. The minimum Gasteiger partial charge on any atom is -0.497 e. The lowest BCUT2D eigenvalue weighted by Gasteiger charge is -2.31. The summed E-state index contributed by atoms with van der Waals surface area (Å²) in [5, 5.41) is 14.8. The number of allylic oxidation sites excluding steroid dienone is 2. The summed E-state index contributed by atoms with van der Waals surface area (Å²) in [6, 6.07) is 14.1. The molecule has 0 spiro atoms. The molecule has 4 atom stereocenters. The Labute approximate surface area is 291 Å². The number of nitrogens with zero attached hydrogens (tertiary/aromatic N) is 2. The maximum absolute atomic E-state index is 14.4. The fourth-order valence-corrected chi connectivity index (χ4v) is 6.25. The number of methoxy groups -OCH3 is 1. The van der Waals surface area contributed by atoms with Crippen LogP contribution in [0.25, 0.3) is 22.2 Å². The van der Waals surface area contributed by atoms with Gasteiger partial charge in [-0.2, -0.15) is 0 Å². The summed E-state index contributed by atoms with van der Waals surface area (Å²) in [6.45, 7) is 2.60. The molecular formula is C37H46N5O8+. The number of amides is 4. The third-order valence-electron chi connectivity index (χ3n) is 8.93. The van der Waals surface area contributed by atoms with E-state index in [1.54, 1.807) is 7.11 Å². The van der Waals surface area contributed by atoms with Gasteiger partial charge in [0.15, 0.2) is 18.2 Å². The van der Waals surface area contributed by atoms with Crippen molar-refractivity contribution in [1.82, 2.24) is 20.7 Å². The number of urea groups is 1. The molecule has 2 aromatic carbocycles. The lowest BCUT2D eigenvalue weighted by Crippen LogP contribution is -3.19.